The Bertz CT molecular complexity index is 1420. The predicted molar refractivity (Wildman–Crippen MR) is 162 cm³/mol. The van der Waals surface area contributed by atoms with Crippen LogP contribution in [0, 0.1) is 0 Å². The predicted octanol–water partition coefficient (Wildman–Crippen LogP) is 6.59. The SMILES string of the molecule is CC(C)(C)OC(=O)N(CCc1ccccc1)C1CCNCC1.O=c1cc(OCc2ccccc2)c2ccccc2o1. The van der Waals surface area contributed by atoms with Crippen LogP contribution in [0.1, 0.15) is 44.7 Å². The Morgan fingerprint density at radius 2 is 1.51 bits per heavy atom. The van der Waals surface area contributed by atoms with Gasteiger partial charge in [-0.1, -0.05) is 72.8 Å². The van der Waals surface area contributed by atoms with E-state index < -0.39 is 11.2 Å². The van der Waals surface area contributed by atoms with Gasteiger partial charge in [0.1, 0.15) is 23.5 Å². The molecule has 5 rings (SSSR count). The second-order valence-electron chi connectivity index (χ2n) is 11.1. The first-order chi connectivity index (χ1) is 19.8. The van der Waals surface area contributed by atoms with Gasteiger partial charge in [-0.15, -0.1) is 0 Å². The van der Waals surface area contributed by atoms with Gasteiger partial charge in [0, 0.05) is 12.6 Å². The van der Waals surface area contributed by atoms with Crippen molar-refractivity contribution in [1.82, 2.24) is 10.2 Å². The third-order valence-corrected chi connectivity index (χ3v) is 6.71. The van der Waals surface area contributed by atoms with Crippen molar-refractivity contribution >= 4 is 17.1 Å². The third-order valence-electron chi connectivity index (χ3n) is 6.71. The molecule has 1 aliphatic rings. The van der Waals surface area contributed by atoms with E-state index in [1.165, 1.54) is 11.6 Å². The van der Waals surface area contributed by atoms with E-state index in [0.29, 0.717) is 24.5 Å². The molecule has 0 bridgehead atoms. The van der Waals surface area contributed by atoms with Crippen molar-refractivity contribution in [3.05, 3.63) is 113 Å². The molecule has 0 saturated carbocycles. The van der Waals surface area contributed by atoms with Gasteiger partial charge in [-0.25, -0.2) is 9.59 Å². The number of hydrogen-bond acceptors (Lipinski definition) is 6. The Kier molecular flexibility index (Phi) is 10.6. The van der Waals surface area contributed by atoms with E-state index in [4.69, 9.17) is 13.9 Å². The molecule has 2 heterocycles. The molecule has 1 aromatic heterocycles. The van der Waals surface area contributed by atoms with E-state index in [9.17, 15) is 9.59 Å². The highest BCUT2D eigenvalue weighted by Gasteiger charge is 2.29. The molecule has 41 heavy (non-hydrogen) atoms. The molecule has 3 aromatic carbocycles. The van der Waals surface area contributed by atoms with Gasteiger partial charge >= 0.3 is 11.7 Å². The summed E-state index contributed by atoms with van der Waals surface area (Å²) in [4.78, 5) is 26.0. The fourth-order valence-electron chi connectivity index (χ4n) is 4.69. The Morgan fingerprint density at radius 1 is 0.902 bits per heavy atom. The van der Waals surface area contributed by atoms with E-state index >= 15 is 0 Å². The molecule has 0 unspecified atom stereocenters. The number of rotatable bonds is 7. The number of carbonyl (C=O) groups excluding carboxylic acids is 1. The molecule has 0 atom stereocenters. The molecule has 216 valence electrons. The molecule has 7 heteroatoms. The number of benzene rings is 3. The van der Waals surface area contributed by atoms with Crippen molar-refractivity contribution in [1.29, 1.82) is 0 Å². The van der Waals surface area contributed by atoms with E-state index in [1.54, 1.807) is 6.07 Å². The summed E-state index contributed by atoms with van der Waals surface area (Å²) in [6, 6.07) is 29.1. The topological polar surface area (TPSA) is 81.0 Å². The molecule has 7 nitrogen and oxygen atoms in total. The zero-order valence-corrected chi connectivity index (χ0v) is 24.2. The number of ether oxygens (including phenoxy) is 2. The molecular weight excluding hydrogens is 516 g/mol. The number of hydrogen-bond donors (Lipinski definition) is 1. The van der Waals surface area contributed by atoms with Crippen molar-refractivity contribution in [2.75, 3.05) is 19.6 Å². The summed E-state index contributed by atoms with van der Waals surface area (Å²) in [6.07, 6.45) is 2.67. The van der Waals surface area contributed by atoms with Crippen molar-refractivity contribution in [3.63, 3.8) is 0 Å². The number of nitrogens with zero attached hydrogens (tertiary/aromatic N) is 1. The number of fused-ring (bicyclic) bond motifs is 1. The summed E-state index contributed by atoms with van der Waals surface area (Å²) in [5.41, 5.74) is 2.00. The maximum absolute atomic E-state index is 12.6. The van der Waals surface area contributed by atoms with E-state index in [1.807, 2.05) is 92.4 Å². The van der Waals surface area contributed by atoms with Crippen molar-refractivity contribution < 1.29 is 18.7 Å². The lowest BCUT2D eigenvalue weighted by molar-refractivity contribution is 0.0132. The second kappa shape index (κ2) is 14.5. The molecule has 1 fully saturated rings. The number of amides is 1. The summed E-state index contributed by atoms with van der Waals surface area (Å²) in [5, 5.41) is 4.16. The Balaban J connectivity index is 0.000000191. The molecular formula is C34H40N2O5. The van der Waals surface area contributed by atoms with Crippen LogP contribution in [-0.4, -0.2) is 42.3 Å². The highest BCUT2D eigenvalue weighted by atomic mass is 16.6. The fraction of sp³-hybridized carbons (Fsp3) is 0.353. The van der Waals surface area contributed by atoms with Gasteiger partial charge in [0.05, 0.1) is 11.5 Å². The standard InChI is InChI=1S/C18H28N2O2.C16H12O3/c1-18(2,3)22-17(21)20(16-9-12-19-13-10-16)14-11-15-7-5-4-6-8-15;17-16-10-15(13-8-4-5-9-14(13)19-16)18-11-12-6-2-1-3-7-12/h4-8,16,19H,9-14H2,1-3H3;1-10H,11H2. The van der Waals surface area contributed by atoms with Crippen molar-refractivity contribution in [3.8, 4) is 5.75 Å². The average molecular weight is 557 g/mol. The zero-order valence-electron chi connectivity index (χ0n) is 24.2. The number of para-hydroxylation sites is 1. The second-order valence-corrected chi connectivity index (χ2v) is 11.1. The minimum atomic E-state index is -0.449. The van der Waals surface area contributed by atoms with Gasteiger partial charge in [0.15, 0.2) is 0 Å². The Morgan fingerprint density at radius 3 is 2.17 bits per heavy atom. The summed E-state index contributed by atoms with van der Waals surface area (Å²) < 4.78 is 16.5. The number of carbonyl (C=O) groups is 1. The number of piperidine rings is 1. The highest BCUT2D eigenvalue weighted by Crippen LogP contribution is 2.24. The van der Waals surface area contributed by atoms with Crippen molar-refractivity contribution in [2.24, 2.45) is 0 Å². The van der Waals surface area contributed by atoms with Crippen LogP contribution < -0.4 is 15.7 Å². The van der Waals surface area contributed by atoms with Crippen molar-refractivity contribution in [2.45, 2.75) is 58.3 Å². The maximum Gasteiger partial charge on any atom is 0.410 e. The molecule has 1 aliphatic heterocycles. The van der Waals surface area contributed by atoms with E-state index in [0.717, 1.165) is 43.3 Å². The molecule has 1 amide bonds. The first-order valence-corrected chi connectivity index (χ1v) is 14.2. The van der Waals surface area contributed by atoms with Gasteiger partial charge in [0.25, 0.3) is 0 Å². The van der Waals surface area contributed by atoms with Crippen LogP contribution in [0.5, 0.6) is 5.75 Å². The molecule has 4 aromatic rings. The van der Waals surface area contributed by atoms with Gasteiger partial charge in [-0.05, 0) is 76.4 Å². The molecule has 0 aliphatic carbocycles. The van der Waals surface area contributed by atoms with Gasteiger partial charge in [-0.3, -0.25) is 0 Å². The monoisotopic (exact) mass is 556 g/mol. The lowest BCUT2D eigenvalue weighted by Crippen LogP contribution is -2.48. The van der Waals surface area contributed by atoms with Crippen LogP contribution in [0.2, 0.25) is 0 Å². The zero-order chi connectivity index (χ0) is 29.1. The van der Waals surface area contributed by atoms with Crippen LogP contribution >= 0.6 is 0 Å². The first kappa shape index (κ1) is 29.9. The van der Waals surface area contributed by atoms with E-state index in [-0.39, 0.29) is 12.1 Å². The van der Waals surface area contributed by atoms with Gasteiger partial charge in [0.2, 0.25) is 0 Å². The first-order valence-electron chi connectivity index (χ1n) is 14.2. The summed E-state index contributed by atoms with van der Waals surface area (Å²) in [6.45, 7) is 8.83. The summed E-state index contributed by atoms with van der Waals surface area (Å²) >= 11 is 0. The normalized spacial score (nSPS) is 13.6. The minimum absolute atomic E-state index is 0.185. The van der Waals surface area contributed by atoms with Crippen LogP contribution in [0.25, 0.3) is 11.0 Å². The van der Waals surface area contributed by atoms with Crippen LogP contribution in [0.15, 0.2) is 100 Å². The third kappa shape index (κ3) is 9.50. The van der Waals surface area contributed by atoms with Gasteiger partial charge in [-0.2, -0.15) is 0 Å². The lowest BCUT2D eigenvalue weighted by Gasteiger charge is -2.36. The highest BCUT2D eigenvalue weighted by molar-refractivity contribution is 5.82. The lowest BCUT2D eigenvalue weighted by atomic mass is 10.0. The summed E-state index contributed by atoms with van der Waals surface area (Å²) in [7, 11) is 0. The van der Waals surface area contributed by atoms with Crippen LogP contribution in [0.4, 0.5) is 4.79 Å². The molecule has 1 saturated heterocycles. The Hall–Kier alpha value is -4.10. The van der Waals surface area contributed by atoms with Gasteiger partial charge < -0.3 is 24.1 Å². The molecule has 1 N–H and O–H groups in total. The minimum Gasteiger partial charge on any atom is -0.488 e. The fourth-order valence-corrected chi connectivity index (χ4v) is 4.69. The quantitative estimate of drug-likeness (QED) is 0.259. The number of nitrogens with one attached hydrogen (secondary N) is 1. The average Bonchev–Trinajstić information content (AvgIpc) is 2.97. The van der Waals surface area contributed by atoms with E-state index in [2.05, 4.69) is 17.4 Å². The maximum atomic E-state index is 12.6. The summed E-state index contributed by atoms with van der Waals surface area (Å²) in [5.74, 6) is 0.552. The largest absolute Gasteiger partial charge is 0.488 e. The molecule has 0 spiro atoms. The Labute approximate surface area is 242 Å². The van der Waals surface area contributed by atoms with Crippen LogP contribution in [-0.2, 0) is 17.8 Å². The van der Waals surface area contributed by atoms with Crippen LogP contribution in [0.3, 0.4) is 0 Å². The molecule has 0 radical (unpaired) electrons. The smallest absolute Gasteiger partial charge is 0.410 e.